The van der Waals surface area contributed by atoms with Crippen LogP contribution in [0.1, 0.15) is 16.6 Å². The molecular weight excluding hydrogens is 496 g/mol. The molecule has 0 spiro atoms. The Balaban J connectivity index is 1.59. The maximum atomic E-state index is 12.3. The van der Waals surface area contributed by atoms with Crippen LogP contribution in [0.5, 0.6) is 5.75 Å². The van der Waals surface area contributed by atoms with Crippen molar-refractivity contribution in [2.24, 2.45) is 0 Å². The summed E-state index contributed by atoms with van der Waals surface area (Å²) in [7, 11) is 3.04. The summed E-state index contributed by atoms with van der Waals surface area (Å²) >= 11 is 1.15. The lowest BCUT2D eigenvalue weighted by Gasteiger charge is -2.17. The number of thioether (sulfide) groups is 1. The smallest absolute Gasteiger partial charge is 0.235 e. The molecule has 192 valence electrons. The Bertz CT molecular complexity index is 1450. The summed E-state index contributed by atoms with van der Waals surface area (Å²) in [6.45, 7) is 2.39. The van der Waals surface area contributed by atoms with Crippen LogP contribution in [0.4, 0.5) is 5.82 Å². The Morgan fingerprint density at radius 2 is 2.03 bits per heavy atom. The molecule has 1 aliphatic heterocycles. The topological polar surface area (TPSA) is 160 Å². The van der Waals surface area contributed by atoms with Gasteiger partial charge in [-0.15, -0.1) is 11.8 Å². The Kier molecular flexibility index (Phi) is 6.91. The Labute approximate surface area is 216 Å². The van der Waals surface area contributed by atoms with Crippen molar-refractivity contribution in [3.05, 3.63) is 54.4 Å². The highest BCUT2D eigenvalue weighted by atomic mass is 32.2. The van der Waals surface area contributed by atoms with E-state index in [0.29, 0.717) is 40.7 Å². The van der Waals surface area contributed by atoms with Crippen molar-refractivity contribution in [2.45, 2.75) is 36.3 Å². The molecule has 0 unspecified atom stereocenters. The second kappa shape index (κ2) is 10.3. The van der Waals surface area contributed by atoms with Crippen molar-refractivity contribution in [2.75, 3.05) is 19.5 Å². The number of pyridine rings is 2. The molecule has 1 amide bonds. The van der Waals surface area contributed by atoms with Gasteiger partial charge in [-0.05, 0) is 30.7 Å². The summed E-state index contributed by atoms with van der Waals surface area (Å²) in [4.78, 5) is 34.8. The molecule has 4 N–H and O–H groups in total. The Hall–Kier alpha value is -3.81. The number of amides is 1. The molecule has 4 aromatic rings. The minimum atomic E-state index is -1.25. The minimum absolute atomic E-state index is 0.362. The fourth-order valence-electron chi connectivity index (χ4n) is 4.13. The molecule has 13 heteroatoms. The van der Waals surface area contributed by atoms with Gasteiger partial charge in [0.05, 0.1) is 31.9 Å². The highest BCUT2D eigenvalue weighted by molar-refractivity contribution is 8.01. The minimum Gasteiger partial charge on any atom is -0.495 e. The van der Waals surface area contributed by atoms with Crippen LogP contribution in [-0.4, -0.2) is 77.2 Å². The van der Waals surface area contributed by atoms with Crippen molar-refractivity contribution in [3.8, 4) is 17.1 Å². The van der Waals surface area contributed by atoms with E-state index in [-0.39, 0.29) is 5.91 Å². The van der Waals surface area contributed by atoms with Crippen LogP contribution in [0, 0.1) is 6.92 Å². The highest BCUT2D eigenvalue weighted by Crippen LogP contribution is 2.43. The molecule has 0 radical (unpaired) electrons. The lowest BCUT2D eigenvalue weighted by atomic mass is 10.1. The first kappa shape index (κ1) is 24.9. The van der Waals surface area contributed by atoms with E-state index in [1.807, 2.05) is 19.1 Å². The summed E-state index contributed by atoms with van der Waals surface area (Å²) in [5, 5.41) is 25.7. The number of methoxy groups -OCH3 is 1. The standard InChI is InChI=1S/C24H26N8O4S/c1-12-4-5-27-14(6-12)9-28-21-16-22(31-20(30-21)13-7-15(36-3)10-26-8-13)32(11-29-16)24-18(34)17(33)19(37-24)23(35)25-2/h4-8,10-11,17-19,24,33-34H,9H2,1-3H3,(H,25,35)(H,28,30,31)/t17-,18+,19-,24+/m0/s1. The predicted molar refractivity (Wildman–Crippen MR) is 138 cm³/mol. The third-order valence-electron chi connectivity index (χ3n) is 6.05. The van der Waals surface area contributed by atoms with Crippen molar-refractivity contribution < 1.29 is 19.7 Å². The van der Waals surface area contributed by atoms with Gasteiger partial charge in [0.15, 0.2) is 22.8 Å². The largest absolute Gasteiger partial charge is 0.495 e. The number of anilines is 1. The second-order valence-corrected chi connectivity index (χ2v) is 9.82. The molecule has 0 aliphatic carbocycles. The van der Waals surface area contributed by atoms with E-state index in [1.165, 1.54) is 13.4 Å². The van der Waals surface area contributed by atoms with Crippen LogP contribution in [0.25, 0.3) is 22.6 Å². The molecule has 5 rings (SSSR count). The Morgan fingerprint density at radius 1 is 1.19 bits per heavy atom. The first-order valence-corrected chi connectivity index (χ1v) is 12.5. The maximum absolute atomic E-state index is 12.3. The number of nitrogens with zero attached hydrogens (tertiary/aromatic N) is 6. The van der Waals surface area contributed by atoms with E-state index in [9.17, 15) is 15.0 Å². The number of aromatic nitrogens is 6. The number of fused-ring (bicyclic) bond motifs is 1. The summed E-state index contributed by atoms with van der Waals surface area (Å²) in [5.41, 5.74) is 3.43. The predicted octanol–water partition coefficient (Wildman–Crippen LogP) is 1.29. The molecule has 1 saturated heterocycles. The second-order valence-electron chi connectivity index (χ2n) is 8.55. The van der Waals surface area contributed by atoms with Crippen LogP contribution >= 0.6 is 11.8 Å². The Morgan fingerprint density at radius 3 is 2.78 bits per heavy atom. The van der Waals surface area contributed by atoms with Crippen LogP contribution in [-0.2, 0) is 11.3 Å². The summed E-state index contributed by atoms with van der Waals surface area (Å²) in [6, 6.07) is 5.67. The number of nitrogens with one attached hydrogen (secondary N) is 2. The SMILES string of the molecule is CNC(=O)[C@H]1S[C@@H](n2cnc3c(NCc4cc(C)ccn4)nc(-c4cncc(OC)c4)nc32)[C@H](O)[C@@H]1O. The summed E-state index contributed by atoms with van der Waals surface area (Å²) < 4.78 is 6.97. The van der Waals surface area contributed by atoms with Gasteiger partial charge in [0, 0.05) is 25.0 Å². The number of rotatable bonds is 7. The normalized spacial score (nSPS) is 21.2. The fraction of sp³-hybridized carbons (Fsp3) is 0.333. The van der Waals surface area contributed by atoms with Crippen LogP contribution < -0.4 is 15.4 Å². The zero-order valence-corrected chi connectivity index (χ0v) is 21.2. The van der Waals surface area contributed by atoms with Gasteiger partial charge in [-0.2, -0.15) is 0 Å². The van der Waals surface area contributed by atoms with Gasteiger partial charge in [-0.3, -0.25) is 19.3 Å². The number of carbonyl (C=O) groups is 1. The van der Waals surface area contributed by atoms with E-state index in [4.69, 9.17) is 14.7 Å². The molecular formula is C24H26N8O4S. The monoisotopic (exact) mass is 522 g/mol. The number of imidazole rings is 1. The van der Waals surface area contributed by atoms with Gasteiger partial charge in [0.25, 0.3) is 0 Å². The van der Waals surface area contributed by atoms with Gasteiger partial charge >= 0.3 is 0 Å². The lowest BCUT2D eigenvalue weighted by molar-refractivity contribution is -0.122. The molecule has 37 heavy (non-hydrogen) atoms. The van der Waals surface area contributed by atoms with Gasteiger partial charge in [0.2, 0.25) is 5.91 Å². The molecule has 4 atom stereocenters. The average Bonchev–Trinajstić information content (AvgIpc) is 3.47. The molecule has 1 fully saturated rings. The molecule has 4 aromatic heterocycles. The highest BCUT2D eigenvalue weighted by Gasteiger charge is 2.47. The number of carbonyl (C=O) groups excluding carboxylic acids is 1. The van der Waals surface area contributed by atoms with Gasteiger partial charge in [-0.25, -0.2) is 15.0 Å². The van der Waals surface area contributed by atoms with Crippen molar-refractivity contribution in [1.29, 1.82) is 0 Å². The average molecular weight is 523 g/mol. The lowest BCUT2D eigenvalue weighted by Crippen LogP contribution is -2.39. The molecule has 0 aromatic carbocycles. The quantitative estimate of drug-likeness (QED) is 0.277. The summed E-state index contributed by atoms with van der Waals surface area (Å²) in [6.07, 6.45) is 4.03. The van der Waals surface area contributed by atoms with E-state index in [1.54, 1.807) is 36.3 Å². The third kappa shape index (κ3) is 4.80. The van der Waals surface area contributed by atoms with E-state index >= 15 is 0 Å². The summed E-state index contributed by atoms with van der Waals surface area (Å²) in [5.74, 6) is 1.01. The van der Waals surface area contributed by atoms with Gasteiger partial charge in [0.1, 0.15) is 28.6 Å². The maximum Gasteiger partial charge on any atom is 0.235 e. The van der Waals surface area contributed by atoms with Gasteiger partial charge in [-0.1, -0.05) is 0 Å². The number of hydrogen-bond donors (Lipinski definition) is 4. The molecule has 0 bridgehead atoms. The van der Waals surface area contributed by atoms with E-state index in [2.05, 4.69) is 25.6 Å². The number of aryl methyl sites for hydroxylation is 1. The third-order valence-corrected chi connectivity index (χ3v) is 7.63. The van der Waals surface area contributed by atoms with Crippen LogP contribution in [0.2, 0.25) is 0 Å². The van der Waals surface area contributed by atoms with Crippen LogP contribution in [0.3, 0.4) is 0 Å². The van der Waals surface area contributed by atoms with E-state index < -0.39 is 22.8 Å². The molecule has 5 heterocycles. The number of aliphatic hydroxyl groups excluding tert-OH is 2. The zero-order chi connectivity index (χ0) is 26.1. The van der Waals surface area contributed by atoms with E-state index in [0.717, 1.165) is 23.0 Å². The first-order chi connectivity index (χ1) is 17.9. The number of hydrogen-bond acceptors (Lipinski definition) is 11. The fourth-order valence-corrected chi connectivity index (χ4v) is 5.60. The first-order valence-electron chi connectivity index (χ1n) is 11.5. The van der Waals surface area contributed by atoms with Crippen molar-refractivity contribution >= 4 is 34.7 Å². The zero-order valence-electron chi connectivity index (χ0n) is 20.4. The number of aliphatic hydroxyl groups is 2. The van der Waals surface area contributed by atoms with Crippen LogP contribution in [0.15, 0.2) is 43.1 Å². The van der Waals surface area contributed by atoms with Crippen molar-refractivity contribution in [1.82, 2.24) is 34.8 Å². The molecule has 12 nitrogen and oxygen atoms in total. The van der Waals surface area contributed by atoms with Gasteiger partial charge < -0.3 is 25.6 Å². The molecule has 0 saturated carbocycles. The molecule has 1 aliphatic rings. The number of ether oxygens (including phenoxy) is 1. The van der Waals surface area contributed by atoms with Crippen molar-refractivity contribution in [3.63, 3.8) is 0 Å².